The molecule has 0 atom stereocenters. The first-order valence-corrected chi connectivity index (χ1v) is 16.8. The number of fused-ring (bicyclic) bond motifs is 1. The highest BCUT2D eigenvalue weighted by Crippen LogP contribution is 2.47. The molecule has 0 aliphatic carbocycles. The van der Waals surface area contributed by atoms with Crippen molar-refractivity contribution in [3.8, 4) is 0 Å². The van der Waals surface area contributed by atoms with Crippen molar-refractivity contribution in [2.75, 3.05) is 6.61 Å². The number of Topliss-reactive ketones (excluding diaryl/α,β-unsaturated/α-hetero) is 1. The van der Waals surface area contributed by atoms with Gasteiger partial charge in [0.05, 0.1) is 12.2 Å². The molecule has 228 valence electrons. The first kappa shape index (κ1) is 30.6. The maximum atomic E-state index is 15.5. The minimum absolute atomic E-state index is 0.0345. The van der Waals surface area contributed by atoms with Crippen LogP contribution in [0.4, 0.5) is 0 Å². The summed E-state index contributed by atoms with van der Waals surface area (Å²) in [6, 6.07) is 45.2. The summed E-state index contributed by atoms with van der Waals surface area (Å²) in [5.74, 6) is -2.70. The van der Waals surface area contributed by atoms with Crippen LogP contribution in [0.25, 0.3) is 10.9 Å². The third-order valence-electron chi connectivity index (χ3n) is 8.03. The van der Waals surface area contributed by atoms with E-state index in [0.717, 1.165) is 21.5 Å². The van der Waals surface area contributed by atoms with Crippen molar-refractivity contribution < 1.29 is 24.2 Å². The molecule has 0 radical (unpaired) electrons. The molecular formula is C39H32NO5P. The number of carboxylic acid groups (broad SMARTS) is 1. The predicted octanol–water partition coefficient (Wildman–Crippen LogP) is 6.30. The molecule has 6 nitrogen and oxygen atoms in total. The molecule has 0 unspecified atom stereocenters. The SMILES string of the molecule is CCOC(=O)C(C(=O)c1c(C(=O)O)c2ccccc2n1Cc1ccccc1)=P(c1ccccc1)(c1ccccc1)c1ccccc1. The number of rotatable bonds is 10. The number of benzene rings is 5. The monoisotopic (exact) mass is 625 g/mol. The summed E-state index contributed by atoms with van der Waals surface area (Å²) in [5.41, 5.74) is 1.25. The van der Waals surface area contributed by atoms with E-state index < -0.39 is 24.6 Å². The van der Waals surface area contributed by atoms with Crippen molar-refractivity contribution in [1.82, 2.24) is 4.57 Å². The number of carboxylic acids is 1. The predicted molar refractivity (Wildman–Crippen MR) is 186 cm³/mol. The lowest BCUT2D eigenvalue weighted by molar-refractivity contribution is -0.134. The number of ether oxygens (including phenoxy) is 1. The standard InChI is InChI=1S/C39H32NO5P/c1-2-45-39(44)37(46(29-19-9-4-10-20-29,30-21-11-5-12-22-30)31-23-13-6-14-24-31)36(41)35-34(38(42)43)32-25-15-16-26-33(32)40(35)27-28-17-7-3-8-18-28/h3-26H,2,27H2,1H3,(H,42,43). The van der Waals surface area contributed by atoms with Crippen molar-refractivity contribution >= 4 is 56.7 Å². The van der Waals surface area contributed by atoms with Crippen molar-refractivity contribution in [3.63, 3.8) is 0 Å². The number of aromatic nitrogens is 1. The molecule has 0 aliphatic rings. The molecule has 7 heteroatoms. The summed E-state index contributed by atoms with van der Waals surface area (Å²) in [6.45, 7) is -1.33. The highest BCUT2D eigenvalue weighted by molar-refractivity contribution is 7.97. The van der Waals surface area contributed by atoms with Crippen LogP contribution in [-0.4, -0.2) is 39.3 Å². The van der Waals surface area contributed by atoms with Gasteiger partial charge >= 0.3 is 11.9 Å². The van der Waals surface area contributed by atoms with E-state index in [4.69, 9.17) is 4.74 Å². The summed E-state index contributed by atoms with van der Waals surface area (Å²) < 4.78 is 7.45. The second-order valence-electron chi connectivity index (χ2n) is 10.7. The van der Waals surface area contributed by atoms with E-state index in [0.29, 0.717) is 10.9 Å². The van der Waals surface area contributed by atoms with Crippen LogP contribution in [0.2, 0.25) is 0 Å². The van der Waals surface area contributed by atoms with Crippen LogP contribution < -0.4 is 15.9 Å². The topological polar surface area (TPSA) is 85.6 Å². The Balaban J connectivity index is 1.83. The van der Waals surface area contributed by atoms with Gasteiger partial charge in [0.15, 0.2) is 0 Å². The molecule has 5 aromatic carbocycles. The maximum Gasteiger partial charge on any atom is 0.343 e. The summed E-state index contributed by atoms with van der Waals surface area (Å²) in [6.07, 6.45) is 0. The molecule has 0 fully saturated rings. The largest absolute Gasteiger partial charge is 0.478 e. The Labute approximate surface area is 267 Å². The Morgan fingerprint density at radius 2 is 1.11 bits per heavy atom. The van der Waals surface area contributed by atoms with Gasteiger partial charge in [0.2, 0.25) is 5.78 Å². The third-order valence-corrected chi connectivity index (χ3v) is 12.3. The van der Waals surface area contributed by atoms with Crippen LogP contribution in [0.3, 0.4) is 0 Å². The molecular weight excluding hydrogens is 593 g/mol. The smallest absolute Gasteiger partial charge is 0.343 e. The fourth-order valence-corrected chi connectivity index (χ4v) is 10.4. The molecule has 0 amide bonds. The number of aromatic carboxylic acids is 1. The van der Waals surface area contributed by atoms with Crippen molar-refractivity contribution in [2.45, 2.75) is 13.5 Å². The zero-order valence-electron chi connectivity index (χ0n) is 25.2. The summed E-state index contributed by atoms with van der Waals surface area (Å²) in [4.78, 5) is 43.1. The molecule has 0 saturated heterocycles. The van der Waals surface area contributed by atoms with Crippen molar-refractivity contribution in [3.05, 3.63) is 162 Å². The highest BCUT2D eigenvalue weighted by Gasteiger charge is 2.41. The van der Waals surface area contributed by atoms with E-state index in [-0.39, 0.29) is 29.7 Å². The van der Waals surface area contributed by atoms with Crippen LogP contribution in [0, 0.1) is 0 Å². The quantitative estimate of drug-likeness (QED) is 0.0836. The molecule has 6 aromatic rings. The van der Waals surface area contributed by atoms with E-state index in [1.807, 2.05) is 127 Å². The number of hydrogen-bond acceptors (Lipinski definition) is 4. The Hall–Kier alpha value is -5.45. The second-order valence-corrected chi connectivity index (χ2v) is 14.0. The fraction of sp³-hybridized carbons (Fsp3) is 0.0769. The van der Waals surface area contributed by atoms with Crippen LogP contribution in [0.1, 0.15) is 33.3 Å². The van der Waals surface area contributed by atoms with E-state index in [9.17, 15) is 14.7 Å². The van der Waals surface area contributed by atoms with Gasteiger partial charge in [0.25, 0.3) is 0 Å². The van der Waals surface area contributed by atoms with Crippen molar-refractivity contribution in [1.29, 1.82) is 0 Å². The number of esters is 1. The highest BCUT2D eigenvalue weighted by atomic mass is 31.2. The molecule has 0 bridgehead atoms. The van der Waals surface area contributed by atoms with Crippen LogP contribution in [0.15, 0.2) is 146 Å². The Bertz CT molecular complexity index is 1980. The number of para-hydroxylation sites is 1. The van der Waals surface area contributed by atoms with Gasteiger partial charge in [-0.3, -0.25) is 4.79 Å². The van der Waals surface area contributed by atoms with Crippen molar-refractivity contribution in [2.24, 2.45) is 0 Å². The zero-order valence-corrected chi connectivity index (χ0v) is 26.1. The van der Waals surface area contributed by atoms with Crippen LogP contribution >= 0.6 is 6.89 Å². The van der Waals surface area contributed by atoms with E-state index in [2.05, 4.69) is 0 Å². The third kappa shape index (κ3) is 5.38. The van der Waals surface area contributed by atoms with E-state index in [1.54, 1.807) is 29.7 Å². The number of carbonyl (C=O) groups excluding carboxylic acids is 2. The van der Waals surface area contributed by atoms with E-state index >= 15 is 4.79 Å². The Morgan fingerprint density at radius 1 is 0.652 bits per heavy atom. The van der Waals surface area contributed by atoms with Gasteiger partial charge in [-0.25, -0.2) is 9.59 Å². The number of hydrogen-bond donors (Lipinski definition) is 1. The average molecular weight is 626 g/mol. The lowest BCUT2D eigenvalue weighted by Crippen LogP contribution is -2.39. The minimum Gasteiger partial charge on any atom is -0.478 e. The Kier molecular flexibility index (Phi) is 8.82. The summed E-state index contributed by atoms with van der Waals surface area (Å²) >= 11 is 0. The molecule has 0 saturated carbocycles. The maximum absolute atomic E-state index is 15.5. The fourth-order valence-electron chi connectivity index (χ4n) is 6.17. The van der Waals surface area contributed by atoms with Gasteiger partial charge in [-0.15, -0.1) is 0 Å². The first-order chi connectivity index (χ1) is 22.5. The molecule has 1 N–H and O–H groups in total. The molecule has 46 heavy (non-hydrogen) atoms. The summed E-state index contributed by atoms with van der Waals surface area (Å²) in [5, 5.41) is 13.3. The van der Waals surface area contributed by atoms with Gasteiger partial charge < -0.3 is 14.4 Å². The minimum atomic E-state index is -3.28. The van der Waals surface area contributed by atoms with Gasteiger partial charge in [-0.2, -0.15) is 0 Å². The van der Waals surface area contributed by atoms with Crippen LogP contribution in [-0.2, 0) is 16.1 Å². The molecule has 1 heterocycles. The molecule has 1 aromatic heterocycles. The average Bonchev–Trinajstić information content (AvgIpc) is 3.43. The molecule has 0 aliphatic heterocycles. The van der Waals surface area contributed by atoms with E-state index in [1.165, 1.54) is 0 Å². The Morgan fingerprint density at radius 3 is 1.59 bits per heavy atom. The summed E-state index contributed by atoms with van der Waals surface area (Å²) in [7, 11) is 0. The van der Waals surface area contributed by atoms with Gasteiger partial charge in [0.1, 0.15) is 11.0 Å². The van der Waals surface area contributed by atoms with Gasteiger partial charge in [-0.1, -0.05) is 140 Å². The normalized spacial score (nSPS) is 11.2. The molecule has 6 rings (SSSR count). The van der Waals surface area contributed by atoms with Gasteiger partial charge in [0, 0.05) is 17.4 Å². The number of nitrogens with zero attached hydrogens (tertiary/aromatic N) is 1. The second kappa shape index (κ2) is 13.3. The zero-order chi connectivity index (χ0) is 32.1. The lowest BCUT2D eigenvalue weighted by Gasteiger charge is -2.31. The lowest BCUT2D eigenvalue weighted by atomic mass is 10.1. The molecule has 0 spiro atoms. The van der Waals surface area contributed by atoms with Crippen LogP contribution in [0.5, 0.6) is 0 Å². The van der Waals surface area contributed by atoms with Gasteiger partial charge in [-0.05, 0) is 41.4 Å². The number of ketones is 1. The first-order valence-electron chi connectivity index (χ1n) is 15.0. The number of carbonyl (C=O) groups is 3.